The second-order valence-corrected chi connectivity index (χ2v) is 8.53. The molecule has 4 rings (SSSR count). The molecule has 0 atom stereocenters. The third-order valence-corrected chi connectivity index (χ3v) is 6.29. The minimum atomic E-state index is -0.156. The molecule has 4 N–H and O–H groups in total. The molecule has 1 aromatic heterocycles. The summed E-state index contributed by atoms with van der Waals surface area (Å²) in [6.07, 6.45) is 9.49. The number of carbonyl (C=O) groups excluding carboxylic acids is 2. The van der Waals surface area contributed by atoms with E-state index in [1.807, 2.05) is 0 Å². The van der Waals surface area contributed by atoms with Gasteiger partial charge in [0.15, 0.2) is 5.69 Å². The summed E-state index contributed by atoms with van der Waals surface area (Å²) in [4.78, 5) is 24.8. The Balaban J connectivity index is 1.19. The van der Waals surface area contributed by atoms with Crippen molar-refractivity contribution < 1.29 is 14.1 Å². The lowest BCUT2D eigenvalue weighted by molar-refractivity contribution is -0.127. The van der Waals surface area contributed by atoms with Crippen LogP contribution < -0.4 is 16.4 Å². The molecule has 3 aliphatic rings. The van der Waals surface area contributed by atoms with Crippen LogP contribution >= 0.6 is 0 Å². The van der Waals surface area contributed by atoms with Crippen LogP contribution in [0.15, 0.2) is 10.6 Å². The molecular weight excluding hydrogens is 344 g/mol. The van der Waals surface area contributed by atoms with E-state index in [2.05, 4.69) is 15.8 Å². The van der Waals surface area contributed by atoms with E-state index in [4.69, 9.17) is 10.3 Å². The number of rotatable bonds is 5. The summed E-state index contributed by atoms with van der Waals surface area (Å²) in [5.41, 5.74) is 6.30. The molecule has 1 heterocycles. The first-order valence-electron chi connectivity index (χ1n) is 10.4. The molecule has 2 amide bonds. The van der Waals surface area contributed by atoms with Crippen LogP contribution in [-0.2, 0) is 4.79 Å². The van der Waals surface area contributed by atoms with Crippen molar-refractivity contribution in [2.24, 2.45) is 11.7 Å². The van der Waals surface area contributed by atoms with Crippen molar-refractivity contribution in [1.82, 2.24) is 15.8 Å². The highest BCUT2D eigenvalue weighted by Crippen LogP contribution is 2.40. The smallest absolute Gasteiger partial charge is 0.273 e. The van der Waals surface area contributed by atoms with Crippen LogP contribution in [0.5, 0.6) is 0 Å². The highest BCUT2D eigenvalue weighted by atomic mass is 16.5. The zero-order chi connectivity index (χ0) is 18.8. The highest BCUT2D eigenvalue weighted by molar-refractivity contribution is 5.92. The molecule has 0 spiro atoms. The van der Waals surface area contributed by atoms with E-state index in [0.717, 1.165) is 70.0 Å². The van der Waals surface area contributed by atoms with Crippen LogP contribution in [0, 0.1) is 5.92 Å². The van der Waals surface area contributed by atoms with Crippen molar-refractivity contribution in [2.75, 3.05) is 0 Å². The summed E-state index contributed by atoms with van der Waals surface area (Å²) >= 11 is 0. The first-order chi connectivity index (χ1) is 13.1. The van der Waals surface area contributed by atoms with Gasteiger partial charge in [0.2, 0.25) is 5.91 Å². The molecule has 1 aromatic rings. The molecule has 0 bridgehead atoms. The molecule has 3 aliphatic carbocycles. The fourth-order valence-corrected chi connectivity index (χ4v) is 4.30. The molecule has 0 radical (unpaired) electrons. The normalized spacial score (nSPS) is 31.3. The van der Waals surface area contributed by atoms with Gasteiger partial charge in [0.1, 0.15) is 5.76 Å². The molecule has 0 aromatic carbocycles. The Morgan fingerprint density at radius 2 is 1.56 bits per heavy atom. The Morgan fingerprint density at radius 1 is 0.926 bits per heavy atom. The lowest BCUT2D eigenvalue weighted by Crippen LogP contribution is -2.46. The summed E-state index contributed by atoms with van der Waals surface area (Å²) in [5, 5.41) is 10.2. The fraction of sp³-hybridized carbons (Fsp3) is 0.750. The minimum Gasteiger partial charge on any atom is -0.360 e. The Kier molecular flexibility index (Phi) is 5.48. The number of carbonyl (C=O) groups is 2. The zero-order valence-corrected chi connectivity index (χ0v) is 15.8. The van der Waals surface area contributed by atoms with Crippen LogP contribution in [-0.4, -0.2) is 35.1 Å². The van der Waals surface area contributed by atoms with Gasteiger partial charge in [0.25, 0.3) is 5.91 Å². The van der Waals surface area contributed by atoms with E-state index in [0.29, 0.717) is 11.6 Å². The molecular formula is C20H30N4O3. The maximum atomic E-state index is 12.4. The van der Waals surface area contributed by atoms with Crippen LogP contribution in [0.1, 0.15) is 86.4 Å². The average molecular weight is 374 g/mol. The minimum absolute atomic E-state index is 0.120. The maximum Gasteiger partial charge on any atom is 0.273 e. The molecule has 3 saturated carbocycles. The summed E-state index contributed by atoms with van der Waals surface area (Å²) < 4.78 is 5.26. The highest BCUT2D eigenvalue weighted by Gasteiger charge is 2.31. The lowest BCUT2D eigenvalue weighted by Gasteiger charge is -2.32. The van der Waals surface area contributed by atoms with Crippen molar-refractivity contribution in [2.45, 2.75) is 88.3 Å². The molecule has 148 valence electrons. The van der Waals surface area contributed by atoms with Crippen LogP contribution in [0.4, 0.5) is 0 Å². The molecule has 27 heavy (non-hydrogen) atoms. The molecule has 7 nitrogen and oxygen atoms in total. The Labute approximate surface area is 159 Å². The Bertz CT molecular complexity index is 669. The van der Waals surface area contributed by atoms with E-state index in [1.165, 1.54) is 0 Å². The third kappa shape index (κ3) is 4.69. The topological polar surface area (TPSA) is 110 Å². The number of nitrogens with zero attached hydrogens (tertiary/aromatic N) is 1. The van der Waals surface area contributed by atoms with Gasteiger partial charge in [-0.25, -0.2) is 0 Å². The second kappa shape index (κ2) is 8.00. The molecule has 3 fully saturated rings. The number of nitrogens with two attached hydrogens (primary N) is 1. The van der Waals surface area contributed by atoms with Crippen molar-refractivity contribution >= 4 is 11.8 Å². The third-order valence-electron chi connectivity index (χ3n) is 6.29. The zero-order valence-electron chi connectivity index (χ0n) is 15.8. The monoisotopic (exact) mass is 374 g/mol. The first kappa shape index (κ1) is 18.5. The predicted molar refractivity (Wildman–Crippen MR) is 100 cm³/mol. The standard InChI is InChI=1S/C20H30N4O3/c21-14-5-3-13(4-6-14)19(25)22-15-7-9-16(10-8-15)23-20(26)17-11-18(27-24-17)12-1-2-12/h11-16H,1-10,21H2,(H,22,25)(H,23,26)/t13-,14+,15-,16-. The number of amides is 2. The van der Waals surface area contributed by atoms with Crippen molar-refractivity contribution in [3.05, 3.63) is 17.5 Å². The van der Waals surface area contributed by atoms with Gasteiger partial charge in [-0.1, -0.05) is 5.16 Å². The molecule has 0 unspecified atom stereocenters. The Morgan fingerprint density at radius 3 is 2.19 bits per heavy atom. The quantitative estimate of drug-likeness (QED) is 0.732. The SMILES string of the molecule is N[C@H]1CC[C@@H](C(=O)N[C@H]2CC[C@H](NC(=O)c3cc(C4CC4)on3)CC2)CC1. The number of hydrogen-bond donors (Lipinski definition) is 3. The van der Waals surface area contributed by atoms with E-state index in [9.17, 15) is 9.59 Å². The van der Waals surface area contributed by atoms with E-state index < -0.39 is 0 Å². The molecule has 0 aliphatic heterocycles. The average Bonchev–Trinajstić information content (AvgIpc) is 3.40. The largest absolute Gasteiger partial charge is 0.360 e. The van der Waals surface area contributed by atoms with E-state index in [-0.39, 0.29) is 35.9 Å². The lowest BCUT2D eigenvalue weighted by atomic mass is 9.85. The van der Waals surface area contributed by atoms with Gasteiger partial charge >= 0.3 is 0 Å². The van der Waals surface area contributed by atoms with Gasteiger partial charge in [0.05, 0.1) is 0 Å². The van der Waals surface area contributed by atoms with Gasteiger partial charge in [-0.2, -0.15) is 0 Å². The fourth-order valence-electron chi connectivity index (χ4n) is 4.30. The van der Waals surface area contributed by atoms with Gasteiger partial charge in [-0.15, -0.1) is 0 Å². The van der Waals surface area contributed by atoms with E-state index in [1.54, 1.807) is 6.07 Å². The van der Waals surface area contributed by atoms with Crippen molar-refractivity contribution in [3.8, 4) is 0 Å². The Hall–Kier alpha value is -1.89. The van der Waals surface area contributed by atoms with Crippen LogP contribution in [0.3, 0.4) is 0 Å². The number of aromatic nitrogens is 1. The molecule has 0 saturated heterocycles. The second-order valence-electron chi connectivity index (χ2n) is 8.53. The number of nitrogens with one attached hydrogen (secondary N) is 2. The van der Waals surface area contributed by atoms with Crippen molar-refractivity contribution in [3.63, 3.8) is 0 Å². The number of hydrogen-bond acceptors (Lipinski definition) is 5. The summed E-state index contributed by atoms with van der Waals surface area (Å²) in [6.45, 7) is 0. The van der Waals surface area contributed by atoms with Crippen molar-refractivity contribution in [1.29, 1.82) is 0 Å². The summed E-state index contributed by atoms with van der Waals surface area (Å²) in [5.74, 6) is 1.43. The van der Waals surface area contributed by atoms with E-state index >= 15 is 0 Å². The van der Waals surface area contributed by atoms with Gasteiger partial charge in [-0.3, -0.25) is 9.59 Å². The van der Waals surface area contributed by atoms with Gasteiger partial charge in [-0.05, 0) is 64.2 Å². The van der Waals surface area contributed by atoms with Crippen LogP contribution in [0.25, 0.3) is 0 Å². The van der Waals surface area contributed by atoms with Crippen LogP contribution in [0.2, 0.25) is 0 Å². The predicted octanol–water partition coefficient (Wildman–Crippen LogP) is 2.23. The summed E-state index contributed by atoms with van der Waals surface area (Å²) in [6, 6.07) is 2.39. The summed E-state index contributed by atoms with van der Waals surface area (Å²) in [7, 11) is 0. The molecule has 7 heteroatoms. The van der Waals surface area contributed by atoms with Gasteiger partial charge < -0.3 is 20.9 Å². The first-order valence-corrected chi connectivity index (χ1v) is 10.4. The maximum absolute atomic E-state index is 12.4. The van der Waals surface area contributed by atoms with Gasteiger partial charge in [0, 0.05) is 36.0 Å².